The van der Waals surface area contributed by atoms with Gasteiger partial charge in [-0.1, -0.05) is 38.1 Å². The SMILES string of the molecule is CC12CCC(O)CC13C=CC1(C(C(=O)c4ccc(F)c(F)c4)=C3)C2CCC2(C)C1CCC2(O)CN1CCN(c2ccccn2)CC1. The third-order valence-electron chi connectivity index (χ3n) is 14.0. The van der Waals surface area contributed by atoms with Crippen molar-refractivity contribution in [2.24, 2.45) is 33.5 Å². The van der Waals surface area contributed by atoms with Crippen LogP contribution in [0.3, 0.4) is 0 Å². The first-order valence-electron chi connectivity index (χ1n) is 17.2. The fourth-order valence-corrected chi connectivity index (χ4v) is 11.4. The molecule has 0 radical (unpaired) electrons. The summed E-state index contributed by atoms with van der Waals surface area (Å²) < 4.78 is 28.5. The molecule has 2 aromatic rings. The highest BCUT2D eigenvalue weighted by atomic mass is 19.2. The Morgan fingerprint density at radius 1 is 0.935 bits per heavy atom. The van der Waals surface area contributed by atoms with Crippen LogP contribution in [0.1, 0.15) is 69.2 Å². The molecular formula is C38H45F2N3O3. The van der Waals surface area contributed by atoms with Crippen LogP contribution in [-0.4, -0.2) is 70.3 Å². The summed E-state index contributed by atoms with van der Waals surface area (Å²) in [5.74, 6) is -1.12. The minimum Gasteiger partial charge on any atom is -0.393 e. The van der Waals surface area contributed by atoms with E-state index in [0.717, 1.165) is 76.2 Å². The molecule has 244 valence electrons. The number of hydrogen-bond donors (Lipinski definition) is 2. The Balaban J connectivity index is 1.15. The van der Waals surface area contributed by atoms with Crippen molar-refractivity contribution < 1.29 is 23.8 Å². The Hall–Kier alpha value is -2.94. The van der Waals surface area contributed by atoms with Crippen molar-refractivity contribution in [1.29, 1.82) is 0 Å². The van der Waals surface area contributed by atoms with Crippen LogP contribution in [0.15, 0.2) is 66.4 Å². The number of Topliss-reactive ketones (excluding diaryl/α,β-unsaturated/α-hetero) is 1. The van der Waals surface area contributed by atoms with Gasteiger partial charge in [-0.15, -0.1) is 0 Å². The lowest BCUT2D eigenvalue weighted by Gasteiger charge is -2.71. The Bertz CT molecular complexity index is 1620. The second kappa shape index (κ2) is 10.3. The zero-order valence-corrected chi connectivity index (χ0v) is 26.9. The number of aromatic nitrogens is 1. The summed E-state index contributed by atoms with van der Waals surface area (Å²) in [6.45, 7) is 8.57. The van der Waals surface area contributed by atoms with Gasteiger partial charge in [0.2, 0.25) is 0 Å². The number of fused-ring (bicyclic) bond motifs is 1. The van der Waals surface area contributed by atoms with Crippen LogP contribution in [0.25, 0.3) is 0 Å². The topological polar surface area (TPSA) is 76.9 Å². The van der Waals surface area contributed by atoms with E-state index in [1.54, 1.807) is 0 Å². The van der Waals surface area contributed by atoms with Crippen molar-refractivity contribution in [3.8, 4) is 0 Å². The maximum absolute atomic E-state index is 14.5. The number of anilines is 1. The highest BCUT2D eigenvalue weighted by Crippen LogP contribution is 2.78. The predicted molar refractivity (Wildman–Crippen MR) is 172 cm³/mol. The van der Waals surface area contributed by atoms with Crippen molar-refractivity contribution in [3.63, 3.8) is 0 Å². The number of piperazine rings is 1. The Morgan fingerprint density at radius 3 is 2.41 bits per heavy atom. The van der Waals surface area contributed by atoms with Crippen molar-refractivity contribution >= 4 is 11.6 Å². The van der Waals surface area contributed by atoms with Crippen LogP contribution in [0.4, 0.5) is 14.6 Å². The molecule has 1 aromatic heterocycles. The average molecular weight is 630 g/mol. The number of nitrogens with zero attached hydrogens (tertiary/aromatic N) is 3. The summed E-state index contributed by atoms with van der Waals surface area (Å²) in [4.78, 5) is 23.8. The first kappa shape index (κ1) is 30.4. The number of β-amino-alcohol motifs (C(OH)–C–C–N with tert-alkyl or cyclic N) is 1. The summed E-state index contributed by atoms with van der Waals surface area (Å²) >= 11 is 0. The second-order valence-corrected chi connectivity index (χ2v) is 15.7. The number of carbonyl (C=O) groups is 1. The van der Waals surface area contributed by atoms with Crippen molar-refractivity contribution in [2.45, 2.75) is 70.5 Å². The molecule has 2 spiro atoms. The predicted octanol–water partition coefficient (Wildman–Crippen LogP) is 5.96. The van der Waals surface area contributed by atoms with E-state index in [2.05, 4.69) is 46.9 Å². The van der Waals surface area contributed by atoms with E-state index in [0.29, 0.717) is 25.0 Å². The van der Waals surface area contributed by atoms with Crippen LogP contribution in [0.2, 0.25) is 0 Å². The van der Waals surface area contributed by atoms with E-state index in [1.165, 1.54) is 6.07 Å². The van der Waals surface area contributed by atoms with E-state index in [4.69, 9.17) is 0 Å². The van der Waals surface area contributed by atoms with Gasteiger partial charge in [0, 0.05) is 66.3 Å². The summed E-state index contributed by atoms with van der Waals surface area (Å²) in [5, 5.41) is 23.6. The molecule has 8 unspecified atom stereocenters. The molecule has 2 N–H and O–H groups in total. The fourth-order valence-electron chi connectivity index (χ4n) is 11.4. The van der Waals surface area contributed by atoms with Crippen LogP contribution < -0.4 is 4.90 Å². The fraction of sp³-hybridized carbons (Fsp3) is 0.579. The number of allylic oxidation sites excluding steroid dienone is 4. The van der Waals surface area contributed by atoms with Gasteiger partial charge in [-0.3, -0.25) is 9.69 Å². The maximum atomic E-state index is 14.5. The van der Waals surface area contributed by atoms with Gasteiger partial charge in [0.25, 0.3) is 0 Å². The molecule has 1 saturated heterocycles. The number of halogens is 2. The Kier molecular flexibility index (Phi) is 6.79. The normalized spacial score (nSPS) is 41.5. The van der Waals surface area contributed by atoms with Crippen LogP contribution in [0.5, 0.6) is 0 Å². The van der Waals surface area contributed by atoms with Crippen molar-refractivity contribution in [3.05, 3.63) is 83.6 Å². The smallest absolute Gasteiger partial charge is 0.189 e. The number of benzene rings is 1. The minimum absolute atomic E-state index is 0.0114. The number of hydrogen-bond acceptors (Lipinski definition) is 6. The molecule has 46 heavy (non-hydrogen) atoms. The standard InChI is InChI=1S/C38H45F2N3O3/c1-34-11-8-26(44)22-36(34)14-15-38(27(23-36)33(45)25-6-7-28(39)29(40)21-25)30(34)9-12-35(2)31(38)10-13-37(35,46)24-42-17-19-43(20-18-42)32-5-3-4-16-41-32/h3-7,14-16,21,23,26,30-31,44,46H,8-13,17-20,22,24H2,1-2H3. The van der Waals surface area contributed by atoms with Gasteiger partial charge in [-0.05, 0) is 92.5 Å². The number of aliphatic hydroxyl groups excluding tert-OH is 1. The molecule has 4 fully saturated rings. The quantitative estimate of drug-likeness (QED) is 0.314. The molecule has 1 aliphatic heterocycles. The maximum Gasteiger partial charge on any atom is 0.189 e. The molecule has 1 aromatic carbocycles. The summed E-state index contributed by atoms with van der Waals surface area (Å²) in [5.41, 5.74) is -1.82. The van der Waals surface area contributed by atoms with Gasteiger partial charge >= 0.3 is 0 Å². The molecular weight excluding hydrogens is 584 g/mol. The Morgan fingerprint density at radius 2 is 1.67 bits per heavy atom. The van der Waals surface area contributed by atoms with Gasteiger partial charge in [-0.2, -0.15) is 0 Å². The van der Waals surface area contributed by atoms with E-state index < -0.39 is 39.6 Å². The number of rotatable bonds is 5. The number of pyridine rings is 1. The van der Waals surface area contributed by atoms with Gasteiger partial charge < -0.3 is 15.1 Å². The summed E-state index contributed by atoms with van der Waals surface area (Å²) in [6.07, 6.45) is 13.3. The largest absolute Gasteiger partial charge is 0.393 e. The lowest BCUT2D eigenvalue weighted by atomic mass is 9.32. The van der Waals surface area contributed by atoms with Crippen LogP contribution in [0, 0.1) is 45.1 Å². The van der Waals surface area contributed by atoms with Gasteiger partial charge in [0.15, 0.2) is 17.4 Å². The molecule has 6 nitrogen and oxygen atoms in total. The first-order valence-corrected chi connectivity index (χ1v) is 17.2. The van der Waals surface area contributed by atoms with Crippen LogP contribution in [-0.2, 0) is 0 Å². The van der Waals surface area contributed by atoms with Gasteiger partial charge in [0.05, 0.1) is 11.7 Å². The van der Waals surface area contributed by atoms with E-state index in [1.807, 2.05) is 24.4 Å². The number of carbonyl (C=O) groups excluding carboxylic acids is 1. The zero-order chi connectivity index (χ0) is 32.1. The zero-order valence-electron chi connectivity index (χ0n) is 26.9. The molecule has 2 heterocycles. The van der Waals surface area contributed by atoms with Crippen molar-refractivity contribution in [1.82, 2.24) is 9.88 Å². The third-order valence-corrected chi connectivity index (χ3v) is 14.0. The minimum atomic E-state index is -1.03. The van der Waals surface area contributed by atoms with E-state index >= 15 is 0 Å². The van der Waals surface area contributed by atoms with E-state index in [9.17, 15) is 23.8 Å². The highest BCUT2D eigenvalue weighted by Gasteiger charge is 2.74. The first-order chi connectivity index (χ1) is 21.9. The molecule has 0 amide bonds. The second-order valence-electron chi connectivity index (χ2n) is 15.7. The van der Waals surface area contributed by atoms with Crippen LogP contribution >= 0.6 is 0 Å². The highest BCUT2D eigenvalue weighted by molar-refractivity contribution is 6.10. The molecule has 9 rings (SSSR count). The molecule has 8 heteroatoms. The molecule has 3 saturated carbocycles. The molecule has 8 atom stereocenters. The summed E-state index contributed by atoms with van der Waals surface area (Å²) in [6, 6.07) is 9.44. The van der Waals surface area contributed by atoms with E-state index in [-0.39, 0.29) is 28.6 Å². The lowest BCUT2D eigenvalue weighted by Crippen LogP contribution is -2.67. The lowest BCUT2D eigenvalue weighted by molar-refractivity contribution is -0.176. The van der Waals surface area contributed by atoms with Gasteiger partial charge in [-0.25, -0.2) is 13.8 Å². The number of ketones is 1. The van der Waals surface area contributed by atoms with Gasteiger partial charge in [0.1, 0.15) is 5.82 Å². The summed E-state index contributed by atoms with van der Waals surface area (Å²) in [7, 11) is 0. The molecule has 2 bridgehead atoms. The average Bonchev–Trinajstić information content (AvgIpc) is 3.32. The molecule has 7 aliphatic rings. The number of aliphatic hydroxyl groups is 2. The third kappa shape index (κ3) is 4.02. The van der Waals surface area contributed by atoms with Crippen molar-refractivity contribution in [2.75, 3.05) is 37.6 Å². The molecule has 6 aliphatic carbocycles. The Labute approximate surface area is 270 Å². The monoisotopic (exact) mass is 629 g/mol.